The van der Waals surface area contributed by atoms with E-state index in [9.17, 15) is 9.50 Å². The van der Waals surface area contributed by atoms with Crippen LogP contribution in [0, 0.1) is 5.82 Å². The fourth-order valence-corrected chi connectivity index (χ4v) is 4.85. The summed E-state index contributed by atoms with van der Waals surface area (Å²) >= 11 is 0. The maximum absolute atomic E-state index is 14.6. The van der Waals surface area contributed by atoms with E-state index < -0.39 is 6.10 Å². The van der Waals surface area contributed by atoms with Crippen molar-refractivity contribution in [3.63, 3.8) is 0 Å². The van der Waals surface area contributed by atoms with E-state index >= 15 is 0 Å². The van der Waals surface area contributed by atoms with Crippen LogP contribution in [0.2, 0.25) is 0 Å². The fourth-order valence-electron chi connectivity index (χ4n) is 4.85. The monoisotopic (exact) mass is 349 g/mol. The molecule has 1 spiro atoms. The van der Waals surface area contributed by atoms with Crippen molar-refractivity contribution in [2.75, 3.05) is 37.8 Å². The maximum atomic E-state index is 14.6. The first kappa shape index (κ1) is 17.3. The molecule has 1 aliphatic carbocycles. The molecule has 1 atom stereocenters. The Morgan fingerprint density at radius 3 is 2.80 bits per heavy atom. The molecule has 1 aromatic carbocycles. The second-order valence-electron chi connectivity index (χ2n) is 7.80. The minimum absolute atomic E-state index is 0.0536. The molecule has 3 aliphatic rings. The van der Waals surface area contributed by atoms with Crippen molar-refractivity contribution in [2.45, 2.75) is 56.1 Å². The Labute approximate surface area is 148 Å². The molecule has 4 nitrogen and oxygen atoms in total. The highest BCUT2D eigenvalue weighted by atomic mass is 19.1. The van der Waals surface area contributed by atoms with Crippen LogP contribution in [0.15, 0.2) is 18.2 Å². The summed E-state index contributed by atoms with van der Waals surface area (Å²) in [6, 6.07) is 5.35. The number of rotatable bonds is 5. The molecule has 5 heteroatoms. The van der Waals surface area contributed by atoms with Gasteiger partial charge in [-0.3, -0.25) is 0 Å². The second kappa shape index (κ2) is 7.22. The van der Waals surface area contributed by atoms with Crippen LogP contribution in [0.25, 0.3) is 0 Å². The molecule has 2 fully saturated rings. The third kappa shape index (κ3) is 3.42. The number of benzene rings is 1. The molecular formula is C20H28FNO3. The van der Waals surface area contributed by atoms with E-state index in [0.717, 1.165) is 69.5 Å². The number of fused-ring (bicyclic) bond motifs is 2. The summed E-state index contributed by atoms with van der Waals surface area (Å²) in [5.41, 5.74) is 1.79. The van der Waals surface area contributed by atoms with E-state index in [0.29, 0.717) is 13.2 Å². The predicted molar refractivity (Wildman–Crippen MR) is 94.6 cm³/mol. The molecular weight excluding hydrogens is 321 g/mol. The van der Waals surface area contributed by atoms with E-state index in [1.54, 1.807) is 12.1 Å². The van der Waals surface area contributed by atoms with Crippen molar-refractivity contribution >= 4 is 5.69 Å². The van der Waals surface area contributed by atoms with Crippen molar-refractivity contribution in [3.05, 3.63) is 29.6 Å². The zero-order valence-electron chi connectivity index (χ0n) is 14.8. The van der Waals surface area contributed by atoms with Crippen molar-refractivity contribution in [2.24, 2.45) is 0 Å². The molecule has 1 aromatic rings. The molecule has 1 saturated heterocycles. The van der Waals surface area contributed by atoms with Crippen molar-refractivity contribution in [3.8, 4) is 0 Å². The summed E-state index contributed by atoms with van der Waals surface area (Å²) in [7, 11) is 0. The number of nitrogens with zero attached hydrogens (tertiary/aromatic N) is 1. The number of aliphatic hydroxyl groups is 1. The number of anilines is 1. The van der Waals surface area contributed by atoms with Gasteiger partial charge >= 0.3 is 0 Å². The van der Waals surface area contributed by atoms with E-state index in [-0.39, 0.29) is 17.3 Å². The van der Waals surface area contributed by atoms with E-state index in [4.69, 9.17) is 9.47 Å². The number of halogens is 1. The molecule has 0 radical (unpaired) electrons. The highest BCUT2D eigenvalue weighted by Gasteiger charge is 2.46. The molecule has 4 rings (SSSR count). The number of hydrogen-bond acceptors (Lipinski definition) is 4. The highest BCUT2D eigenvalue weighted by Crippen LogP contribution is 2.51. The number of ether oxygens (including phenoxy) is 2. The van der Waals surface area contributed by atoms with Gasteiger partial charge in [0, 0.05) is 43.0 Å². The van der Waals surface area contributed by atoms with E-state index in [1.165, 1.54) is 0 Å². The first-order valence-corrected chi connectivity index (χ1v) is 9.59. The van der Waals surface area contributed by atoms with Crippen LogP contribution in [-0.4, -0.2) is 50.2 Å². The van der Waals surface area contributed by atoms with Gasteiger partial charge in [-0.15, -0.1) is 0 Å². The van der Waals surface area contributed by atoms with Gasteiger partial charge in [-0.1, -0.05) is 18.9 Å². The van der Waals surface area contributed by atoms with Crippen molar-refractivity contribution < 1.29 is 19.0 Å². The quantitative estimate of drug-likeness (QED) is 0.887. The van der Waals surface area contributed by atoms with Gasteiger partial charge in [0.25, 0.3) is 0 Å². The predicted octanol–water partition coefficient (Wildman–Crippen LogP) is 3.01. The first-order valence-electron chi connectivity index (χ1n) is 9.59. The normalized spacial score (nSPS) is 24.0. The largest absolute Gasteiger partial charge is 0.389 e. The summed E-state index contributed by atoms with van der Waals surface area (Å²) in [4.78, 5) is 2.17. The van der Waals surface area contributed by atoms with Gasteiger partial charge in [0.1, 0.15) is 5.82 Å². The number of hydrogen-bond donors (Lipinski definition) is 1. The van der Waals surface area contributed by atoms with Gasteiger partial charge < -0.3 is 19.5 Å². The van der Waals surface area contributed by atoms with Crippen LogP contribution < -0.4 is 4.90 Å². The van der Waals surface area contributed by atoms with Crippen LogP contribution in [0.1, 0.15) is 44.1 Å². The number of β-amino-alcohol motifs (C(OH)–C–C–N with tert-alkyl or cyclic N) is 1. The maximum Gasteiger partial charge on any atom is 0.129 e. The lowest BCUT2D eigenvalue weighted by atomic mass is 9.80. The van der Waals surface area contributed by atoms with Crippen molar-refractivity contribution in [1.29, 1.82) is 0 Å². The zero-order chi connectivity index (χ0) is 17.3. The summed E-state index contributed by atoms with van der Waals surface area (Å²) in [5.74, 6) is -0.0881. The number of aliphatic hydroxyl groups excluding tert-OH is 1. The Bertz CT molecular complexity index is 597. The molecule has 1 saturated carbocycles. The van der Waals surface area contributed by atoms with Gasteiger partial charge in [-0.05, 0) is 37.8 Å². The van der Waals surface area contributed by atoms with Gasteiger partial charge in [0.2, 0.25) is 0 Å². The third-order valence-corrected chi connectivity index (χ3v) is 6.04. The van der Waals surface area contributed by atoms with Gasteiger partial charge in [-0.25, -0.2) is 4.39 Å². The highest BCUT2D eigenvalue weighted by molar-refractivity contribution is 5.63. The standard InChI is InChI=1S/C20H28FNO3/c21-17-4-3-5-18-19(17)20(8-1-2-9-20)14-22(18)12-15(23)13-25-16-6-10-24-11-7-16/h3-5,15-16,23H,1-2,6-14H2/t15-/m0/s1. The summed E-state index contributed by atoms with van der Waals surface area (Å²) < 4.78 is 25.7. The minimum atomic E-state index is -0.560. The minimum Gasteiger partial charge on any atom is -0.389 e. The van der Waals surface area contributed by atoms with Gasteiger partial charge in [-0.2, -0.15) is 0 Å². The Morgan fingerprint density at radius 1 is 1.28 bits per heavy atom. The van der Waals surface area contributed by atoms with E-state index in [1.807, 2.05) is 6.07 Å². The average Bonchev–Trinajstić information content (AvgIpc) is 3.21. The third-order valence-electron chi connectivity index (χ3n) is 6.04. The Kier molecular flexibility index (Phi) is 4.98. The van der Waals surface area contributed by atoms with E-state index in [2.05, 4.69) is 4.90 Å². The van der Waals surface area contributed by atoms with Crippen LogP contribution in [0.4, 0.5) is 10.1 Å². The van der Waals surface area contributed by atoms with Crippen LogP contribution in [-0.2, 0) is 14.9 Å². The molecule has 2 aliphatic heterocycles. The molecule has 0 aromatic heterocycles. The summed E-state index contributed by atoms with van der Waals surface area (Å²) in [6.07, 6.45) is 5.84. The average molecular weight is 349 g/mol. The molecule has 0 amide bonds. The Morgan fingerprint density at radius 2 is 2.04 bits per heavy atom. The lowest BCUT2D eigenvalue weighted by Crippen LogP contribution is -2.38. The molecule has 2 heterocycles. The van der Waals surface area contributed by atoms with Crippen molar-refractivity contribution in [1.82, 2.24) is 0 Å². The zero-order valence-corrected chi connectivity index (χ0v) is 14.8. The lowest BCUT2D eigenvalue weighted by Gasteiger charge is -2.28. The van der Waals surface area contributed by atoms with Crippen LogP contribution in [0.3, 0.4) is 0 Å². The Hall–Kier alpha value is -1.17. The molecule has 1 N–H and O–H groups in total. The SMILES string of the molecule is O[C@H](COC1CCOCC1)CN1CC2(CCCC2)c2c(F)cccc21. The Balaban J connectivity index is 1.42. The van der Waals surface area contributed by atoms with Gasteiger partial charge in [0.15, 0.2) is 0 Å². The van der Waals surface area contributed by atoms with Crippen LogP contribution >= 0.6 is 0 Å². The molecule has 138 valence electrons. The lowest BCUT2D eigenvalue weighted by molar-refractivity contribution is -0.0575. The fraction of sp³-hybridized carbons (Fsp3) is 0.700. The van der Waals surface area contributed by atoms with Gasteiger partial charge in [0.05, 0.1) is 18.8 Å². The molecule has 0 bridgehead atoms. The topological polar surface area (TPSA) is 41.9 Å². The molecule has 0 unspecified atom stereocenters. The first-order chi connectivity index (χ1) is 12.2. The smallest absolute Gasteiger partial charge is 0.129 e. The summed E-state index contributed by atoms with van der Waals surface area (Å²) in [5, 5.41) is 10.5. The summed E-state index contributed by atoms with van der Waals surface area (Å²) in [6.45, 7) is 3.13. The molecule has 25 heavy (non-hydrogen) atoms. The van der Waals surface area contributed by atoms with Crippen LogP contribution in [0.5, 0.6) is 0 Å². The second-order valence-corrected chi connectivity index (χ2v) is 7.80.